The molecule has 1 amide bonds. The van der Waals surface area contributed by atoms with Crippen molar-refractivity contribution in [2.24, 2.45) is 0 Å². The van der Waals surface area contributed by atoms with Gasteiger partial charge in [0.25, 0.3) is 5.91 Å². The number of halogens is 1. The van der Waals surface area contributed by atoms with Crippen molar-refractivity contribution in [3.8, 4) is 0 Å². The normalized spacial score (nSPS) is 29.0. The molecule has 28 heavy (non-hydrogen) atoms. The number of sulfonamides is 1. The van der Waals surface area contributed by atoms with E-state index < -0.39 is 10.0 Å². The summed E-state index contributed by atoms with van der Waals surface area (Å²) < 4.78 is 33.1. The maximum atomic E-state index is 13.0. The Labute approximate surface area is 173 Å². The van der Waals surface area contributed by atoms with E-state index in [1.807, 2.05) is 20.8 Å². The second-order valence-electron chi connectivity index (χ2n) is 7.57. The van der Waals surface area contributed by atoms with E-state index in [2.05, 4.69) is 10.6 Å². The standard InChI is InChI=1S/C19H29N3O4S.ClH/c1-13-11-22(12-14(2)26-13)27(24,25)17-7-4-6-16(10-17)19(23)21-18-8-5-9-20-15(18)3;/h4,6-7,10,13-15,18,20H,5,8-9,11-12H2,1-3H3,(H,21,23);1H. The van der Waals surface area contributed by atoms with Crippen LogP contribution in [0.4, 0.5) is 0 Å². The van der Waals surface area contributed by atoms with Gasteiger partial charge in [0.1, 0.15) is 0 Å². The maximum absolute atomic E-state index is 13.0. The molecule has 0 saturated carbocycles. The van der Waals surface area contributed by atoms with Gasteiger partial charge in [0.05, 0.1) is 17.1 Å². The number of hydrogen-bond acceptors (Lipinski definition) is 5. The summed E-state index contributed by atoms with van der Waals surface area (Å²) in [6.45, 7) is 7.36. The van der Waals surface area contributed by atoms with Crippen molar-refractivity contribution < 1.29 is 17.9 Å². The van der Waals surface area contributed by atoms with E-state index in [0.29, 0.717) is 18.7 Å². The van der Waals surface area contributed by atoms with Crippen molar-refractivity contribution in [2.75, 3.05) is 19.6 Å². The van der Waals surface area contributed by atoms with Crippen LogP contribution in [-0.4, -0.2) is 62.6 Å². The number of benzene rings is 1. The number of hydrogen-bond donors (Lipinski definition) is 2. The Morgan fingerprint density at radius 2 is 1.89 bits per heavy atom. The lowest BCUT2D eigenvalue weighted by atomic mass is 9.99. The zero-order valence-electron chi connectivity index (χ0n) is 16.6. The maximum Gasteiger partial charge on any atom is 0.251 e. The molecule has 2 N–H and O–H groups in total. The van der Waals surface area contributed by atoms with Gasteiger partial charge in [0.15, 0.2) is 0 Å². The van der Waals surface area contributed by atoms with Crippen LogP contribution in [0.2, 0.25) is 0 Å². The van der Waals surface area contributed by atoms with Crippen LogP contribution in [0.15, 0.2) is 29.2 Å². The first-order valence-electron chi connectivity index (χ1n) is 9.57. The van der Waals surface area contributed by atoms with Gasteiger partial charge in [-0.25, -0.2) is 8.42 Å². The van der Waals surface area contributed by atoms with Gasteiger partial charge in [-0.1, -0.05) is 6.07 Å². The van der Waals surface area contributed by atoms with Gasteiger partial charge in [-0.15, -0.1) is 12.4 Å². The van der Waals surface area contributed by atoms with Gasteiger partial charge in [-0.05, 0) is 58.4 Å². The highest BCUT2D eigenvalue weighted by molar-refractivity contribution is 7.89. The fraction of sp³-hybridized carbons (Fsp3) is 0.632. The number of nitrogens with zero attached hydrogens (tertiary/aromatic N) is 1. The highest BCUT2D eigenvalue weighted by Crippen LogP contribution is 2.22. The number of amides is 1. The number of morpholine rings is 1. The van der Waals surface area contributed by atoms with Gasteiger partial charge < -0.3 is 15.4 Å². The third-order valence-electron chi connectivity index (χ3n) is 5.20. The van der Waals surface area contributed by atoms with Crippen molar-refractivity contribution >= 4 is 28.3 Å². The topological polar surface area (TPSA) is 87.7 Å². The Morgan fingerprint density at radius 1 is 1.21 bits per heavy atom. The molecule has 2 saturated heterocycles. The van der Waals surface area contributed by atoms with E-state index in [1.54, 1.807) is 18.2 Å². The van der Waals surface area contributed by atoms with Crippen LogP contribution >= 0.6 is 12.4 Å². The molecule has 2 fully saturated rings. The number of carbonyl (C=O) groups is 1. The fourth-order valence-electron chi connectivity index (χ4n) is 3.77. The highest BCUT2D eigenvalue weighted by Gasteiger charge is 2.32. The molecule has 4 unspecified atom stereocenters. The molecule has 0 spiro atoms. The third kappa shape index (κ3) is 5.24. The summed E-state index contributed by atoms with van der Waals surface area (Å²) in [5.41, 5.74) is 0.364. The Bertz CT molecular complexity index is 779. The summed E-state index contributed by atoms with van der Waals surface area (Å²) in [6, 6.07) is 6.54. The summed E-state index contributed by atoms with van der Waals surface area (Å²) >= 11 is 0. The molecule has 0 bridgehead atoms. The number of nitrogens with one attached hydrogen (secondary N) is 2. The van der Waals surface area contributed by atoms with Gasteiger partial charge in [0, 0.05) is 30.7 Å². The average molecular weight is 432 g/mol. The second-order valence-corrected chi connectivity index (χ2v) is 9.51. The predicted molar refractivity (Wildman–Crippen MR) is 110 cm³/mol. The summed E-state index contributed by atoms with van der Waals surface area (Å²) in [4.78, 5) is 12.8. The van der Waals surface area contributed by atoms with Crippen molar-refractivity contribution in [3.63, 3.8) is 0 Å². The highest BCUT2D eigenvalue weighted by atomic mass is 35.5. The summed E-state index contributed by atoms with van der Waals surface area (Å²) in [7, 11) is -3.67. The molecule has 158 valence electrons. The van der Waals surface area contributed by atoms with E-state index in [9.17, 15) is 13.2 Å². The zero-order valence-corrected chi connectivity index (χ0v) is 18.2. The van der Waals surface area contributed by atoms with Crippen LogP contribution in [-0.2, 0) is 14.8 Å². The Hall–Kier alpha value is -1.19. The van der Waals surface area contributed by atoms with Crippen LogP contribution in [0.1, 0.15) is 44.0 Å². The van der Waals surface area contributed by atoms with Crippen molar-refractivity contribution in [3.05, 3.63) is 29.8 Å². The van der Waals surface area contributed by atoms with E-state index in [-0.39, 0.29) is 47.5 Å². The Kier molecular flexibility index (Phi) is 7.87. The third-order valence-corrected chi connectivity index (χ3v) is 7.03. The van der Waals surface area contributed by atoms with E-state index in [1.165, 1.54) is 10.4 Å². The lowest BCUT2D eigenvalue weighted by Crippen LogP contribution is -2.51. The Balaban J connectivity index is 0.00000280. The van der Waals surface area contributed by atoms with Crippen LogP contribution in [0.25, 0.3) is 0 Å². The zero-order chi connectivity index (χ0) is 19.6. The molecule has 3 rings (SSSR count). The molecule has 2 heterocycles. The number of carbonyl (C=O) groups excluding carboxylic acids is 1. The Morgan fingerprint density at radius 3 is 2.54 bits per heavy atom. The molecule has 0 radical (unpaired) electrons. The van der Waals surface area contributed by atoms with Crippen molar-refractivity contribution in [1.82, 2.24) is 14.9 Å². The quantitative estimate of drug-likeness (QED) is 0.758. The van der Waals surface area contributed by atoms with Crippen molar-refractivity contribution in [2.45, 2.75) is 62.8 Å². The molecule has 0 aliphatic carbocycles. The number of piperidine rings is 1. The van der Waals surface area contributed by atoms with Gasteiger partial charge in [-0.3, -0.25) is 4.79 Å². The van der Waals surface area contributed by atoms with Crippen LogP contribution in [0.5, 0.6) is 0 Å². The summed E-state index contributed by atoms with van der Waals surface area (Å²) in [6.07, 6.45) is 1.61. The molecule has 1 aromatic rings. The predicted octanol–water partition coefficient (Wildman–Crippen LogP) is 1.78. The number of rotatable bonds is 4. The van der Waals surface area contributed by atoms with Crippen LogP contribution in [0.3, 0.4) is 0 Å². The van der Waals surface area contributed by atoms with Crippen LogP contribution in [0, 0.1) is 0 Å². The molecule has 9 heteroatoms. The first-order valence-corrected chi connectivity index (χ1v) is 11.0. The molecular weight excluding hydrogens is 402 g/mol. The van der Waals surface area contributed by atoms with Gasteiger partial charge in [0.2, 0.25) is 10.0 Å². The molecule has 2 aliphatic rings. The van der Waals surface area contributed by atoms with Crippen LogP contribution < -0.4 is 10.6 Å². The average Bonchev–Trinajstić information content (AvgIpc) is 2.63. The minimum absolute atomic E-state index is 0. The summed E-state index contributed by atoms with van der Waals surface area (Å²) in [5, 5.41) is 6.37. The monoisotopic (exact) mass is 431 g/mol. The molecule has 4 atom stereocenters. The first-order chi connectivity index (χ1) is 12.8. The van der Waals surface area contributed by atoms with Gasteiger partial charge >= 0.3 is 0 Å². The van der Waals surface area contributed by atoms with E-state index in [4.69, 9.17) is 4.74 Å². The largest absolute Gasteiger partial charge is 0.373 e. The molecular formula is C19H30ClN3O4S. The molecule has 2 aliphatic heterocycles. The molecule has 7 nitrogen and oxygen atoms in total. The smallest absolute Gasteiger partial charge is 0.251 e. The fourth-order valence-corrected chi connectivity index (χ4v) is 5.40. The molecule has 1 aromatic carbocycles. The van der Waals surface area contributed by atoms with Gasteiger partial charge in [-0.2, -0.15) is 4.31 Å². The number of ether oxygens (including phenoxy) is 1. The first kappa shape index (κ1) is 23.1. The minimum Gasteiger partial charge on any atom is -0.373 e. The lowest BCUT2D eigenvalue weighted by molar-refractivity contribution is -0.0440. The lowest BCUT2D eigenvalue weighted by Gasteiger charge is -2.34. The summed E-state index contributed by atoms with van der Waals surface area (Å²) in [5.74, 6) is -0.240. The second kappa shape index (κ2) is 9.54. The van der Waals surface area contributed by atoms with E-state index in [0.717, 1.165) is 19.4 Å². The minimum atomic E-state index is -3.67. The molecule has 0 aromatic heterocycles. The van der Waals surface area contributed by atoms with E-state index >= 15 is 0 Å². The SMILES string of the molecule is CC1CN(S(=O)(=O)c2cccc(C(=O)NC3CCCNC3C)c2)CC(C)O1.Cl. The van der Waals surface area contributed by atoms with Crippen molar-refractivity contribution in [1.29, 1.82) is 0 Å².